The van der Waals surface area contributed by atoms with Crippen LogP contribution in [0, 0.1) is 5.82 Å². The maximum absolute atomic E-state index is 12.9. The third-order valence-corrected chi connectivity index (χ3v) is 3.62. The zero-order valence-electron chi connectivity index (χ0n) is 12.9. The first-order valence-electron chi connectivity index (χ1n) is 7.19. The van der Waals surface area contributed by atoms with Crippen molar-refractivity contribution in [1.82, 2.24) is 5.32 Å². The van der Waals surface area contributed by atoms with Crippen LogP contribution in [0.15, 0.2) is 42.5 Å². The lowest BCUT2D eigenvalue weighted by atomic mass is 9.94. The van der Waals surface area contributed by atoms with Crippen molar-refractivity contribution in [2.45, 2.75) is 19.4 Å². The normalized spacial score (nSPS) is 12.8. The van der Waals surface area contributed by atoms with Crippen molar-refractivity contribution in [3.63, 3.8) is 0 Å². The molecule has 1 heterocycles. The molecular weight excluding hydrogens is 299 g/mol. The van der Waals surface area contributed by atoms with Crippen LogP contribution in [0.2, 0.25) is 0 Å². The van der Waals surface area contributed by atoms with Crippen LogP contribution in [-0.2, 0) is 5.54 Å². The van der Waals surface area contributed by atoms with Crippen LogP contribution in [0.3, 0.4) is 0 Å². The lowest BCUT2D eigenvalue weighted by molar-refractivity contribution is 0.174. The fraction of sp³-hybridized carbons (Fsp3) is 0.235. The van der Waals surface area contributed by atoms with Gasteiger partial charge in [0.2, 0.25) is 6.79 Å². The molecule has 2 aromatic carbocycles. The molecule has 5 nitrogen and oxygen atoms in total. The van der Waals surface area contributed by atoms with E-state index in [1.807, 2.05) is 32.0 Å². The molecule has 1 aliphatic rings. The van der Waals surface area contributed by atoms with E-state index in [4.69, 9.17) is 9.47 Å². The first-order valence-corrected chi connectivity index (χ1v) is 7.19. The zero-order chi connectivity index (χ0) is 16.4. The van der Waals surface area contributed by atoms with Crippen LogP contribution in [0.25, 0.3) is 0 Å². The quantitative estimate of drug-likeness (QED) is 0.909. The van der Waals surface area contributed by atoms with E-state index in [2.05, 4.69) is 10.6 Å². The maximum atomic E-state index is 12.9. The molecule has 0 radical (unpaired) electrons. The highest BCUT2D eigenvalue weighted by Gasteiger charge is 2.25. The predicted molar refractivity (Wildman–Crippen MR) is 84.1 cm³/mol. The highest BCUT2D eigenvalue weighted by molar-refractivity contribution is 5.89. The minimum atomic E-state index is -0.620. The molecule has 23 heavy (non-hydrogen) atoms. The zero-order valence-corrected chi connectivity index (χ0v) is 12.9. The first kappa shape index (κ1) is 15.1. The molecule has 2 amide bonds. The number of amides is 2. The van der Waals surface area contributed by atoms with E-state index in [1.165, 1.54) is 24.3 Å². The van der Waals surface area contributed by atoms with Gasteiger partial charge in [-0.05, 0) is 55.8 Å². The summed E-state index contributed by atoms with van der Waals surface area (Å²) in [5.41, 5.74) is 0.784. The Bertz CT molecular complexity index is 729. The van der Waals surface area contributed by atoms with Crippen LogP contribution in [0.1, 0.15) is 19.4 Å². The molecule has 2 N–H and O–H groups in total. The summed E-state index contributed by atoms with van der Waals surface area (Å²) in [7, 11) is 0. The summed E-state index contributed by atoms with van der Waals surface area (Å²) in [6, 6.07) is 10.8. The van der Waals surface area contributed by atoms with Gasteiger partial charge in [0.25, 0.3) is 0 Å². The molecular formula is C17H17FN2O3. The largest absolute Gasteiger partial charge is 0.454 e. The SMILES string of the molecule is CC(C)(NC(=O)Nc1ccc(F)cc1)c1ccc2c(c1)OCO2. The molecule has 2 aromatic rings. The molecule has 0 unspecified atom stereocenters. The topological polar surface area (TPSA) is 59.6 Å². The molecule has 0 fully saturated rings. The lowest BCUT2D eigenvalue weighted by Crippen LogP contribution is -2.43. The van der Waals surface area contributed by atoms with Gasteiger partial charge in [0, 0.05) is 5.69 Å². The smallest absolute Gasteiger partial charge is 0.319 e. The second-order valence-electron chi connectivity index (χ2n) is 5.78. The second kappa shape index (κ2) is 5.79. The fourth-order valence-corrected chi connectivity index (χ4v) is 2.34. The lowest BCUT2D eigenvalue weighted by Gasteiger charge is -2.27. The van der Waals surface area contributed by atoms with Crippen molar-refractivity contribution in [1.29, 1.82) is 0 Å². The Hall–Kier alpha value is -2.76. The van der Waals surface area contributed by atoms with Gasteiger partial charge in [0.05, 0.1) is 5.54 Å². The summed E-state index contributed by atoms with van der Waals surface area (Å²) in [4.78, 5) is 12.1. The molecule has 6 heteroatoms. The number of ether oxygens (including phenoxy) is 2. The average Bonchev–Trinajstić information content (AvgIpc) is 2.96. The summed E-state index contributed by atoms with van der Waals surface area (Å²) >= 11 is 0. The molecule has 0 aliphatic carbocycles. The summed E-state index contributed by atoms with van der Waals surface area (Å²) < 4.78 is 23.5. The van der Waals surface area contributed by atoms with E-state index >= 15 is 0 Å². The molecule has 0 saturated heterocycles. The van der Waals surface area contributed by atoms with Crippen molar-refractivity contribution in [3.05, 3.63) is 53.8 Å². The number of urea groups is 1. The number of rotatable bonds is 3. The molecule has 0 spiro atoms. The average molecular weight is 316 g/mol. The van der Waals surface area contributed by atoms with Gasteiger partial charge in [-0.1, -0.05) is 6.07 Å². The standard InChI is InChI=1S/C17H17FN2O3/c1-17(2,11-3-8-14-15(9-11)23-10-22-14)20-16(21)19-13-6-4-12(18)5-7-13/h3-9H,10H2,1-2H3,(H2,19,20,21). The Morgan fingerprint density at radius 3 is 2.52 bits per heavy atom. The maximum Gasteiger partial charge on any atom is 0.319 e. The van der Waals surface area contributed by atoms with Crippen LogP contribution in [-0.4, -0.2) is 12.8 Å². The second-order valence-corrected chi connectivity index (χ2v) is 5.78. The van der Waals surface area contributed by atoms with E-state index in [1.54, 1.807) is 0 Å². The summed E-state index contributed by atoms with van der Waals surface area (Å²) in [5, 5.41) is 5.56. The third kappa shape index (κ3) is 3.36. The van der Waals surface area contributed by atoms with Gasteiger partial charge in [-0.2, -0.15) is 0 Å². The minimum absolute atomic E-state index is 0.206. The molecule has 0 aromatic heterocycles. The van der Waals surface area contributed by atoms with Gasteiger partial charge in [0.15, 0.2) is 11.5 Å². The van der Waals surface area contributed by atoms with Gasteiger partial charge in [-0.15, -0.1) is 0 Å². The first-order chi connectivity index (χ1) is 10.9. The third-order valence-electron chi connectivity index (χ3n) is 3.62. The van der Waals surface area contributed by atoms with E-state index in [-0.39, 0.29) is 18.6 Å². The Kier molecular flexibility index (Phi) is 3.82. The minimum Gasteiger partial charge on any atom is -0.454 e. The number of hydrogen-bond acceptors (Lipinski definition) is 3. The Labute approximate surface area is 133 Å². The number of benzene rings is 2. The van der Waals surface area contributed by atoms with Crippen molar-refractivity contribution in [2.75, 3.05) is 12.1 Å². The van der Waals surface area contributed by atoms with Crippen LogP contribution in [0.4, 0.5) is 14.9 Å². The summed E-state index contributed by atoms with van der Waals surface area (Å²) in [5.74, 6) is 1.01. The van der Waals surface area contributed by atoms with Crippen molar-refractivity contribution in [3.8, 4) is 11.5 Å². The van der Waals surface area contributed by atoms with Crippen molar-refractivity contribution >= 4 is 11.7 Å². The molecule has 0 bridgehead atoms. The molecule has 3 rings (SSSR count). The molecule has 1 aliphatic heterocycles. The van der Waals surface area contributed by atoms with Gasteiger partial charge < -0.3 is 20.1 Å². The number of carbonyl (C=O) groups excluding carboxylic acids is 1. The Morgan fingerprint density at radius 2 is 1.78 bits per heavy atom. The number of hydrogen-bond donors (Lipinski definition) is 2. The van der Waals surface area contributed by atoms with Gasteiger partial charge in [0.1, 0.15) is 5.82 Å². The number of carbonyl (C=O) groups is 1. The Morgan fingerprint density at radius 1 is 1.09 bits per heavy atom. The van der Waals surface area contributed by atoms with Crippen LogP contribution < -0.4 is 20.1 Å². The van der Waals surface area contributed by atoms with Gasteiger partial charge in [-0.3, -0.25) is 0 Å². The summed E-state index contributed by atoms with van der Waals surface area (Å²) in [6.07, 6.45) is 0. The summed E-state index contributed by atoms with van der Waals surface area (Å²) in [6.45, 7) is 3.97. The van der Waals surface area contributed by atoms with Gasteiger partial charge in [-0.25, -0.2) is 9.18 Å². The number of nitrogens with one attached hydrogen (secondary N) is 2. The number of fused-ring (bicyclic) bond motifs is 1. The predicted octanol–water partition coefficient (Wildman–Crippen LogP) is 3.61. The molecule has 0 atom stereocenters. The van der Waals surface area contributed by atoms with Crippen LogP contribution >= 0.6 is 0 Å². The van der Waals surface area contributed by atoms with E-state index in [0.29, 0.717) is 17.2 Å². The van der Waals surface area contributed by atoms with Crippen molar-refractivity contribution < 1.29 is 18.7 Å². The number of anilines is 1. The van der Waals surface area contributed by atoms with E-state index in [0.717, 1.165) is 5.56 Å². The monoisotopic (exact) mass is 316 g/mol. The van der Waals surface area contributed by atoms with Crippen LogP contribution in [0.5, 0.6) is 11.5 Å². The Balaban J connectivity index is 1.70. The van der Waals surface area contributed by atoms with Gasteiger partial charge >= 0.3 is 6.03 Å². The fourth-order valence-electron chi connectivity index (χ4n) is 2.34. The van der Waals surface area contributed by atoms with Crippen molar-refractivity contribution in [2.24, 2.45) is 0 Å². The molecule has 120 valence electrons. The highest BCUT2D eigenvalue weighted by Crippen LogP contribution is 2.35. The van der Waals surface area contributed by atoms with E-state index < -0.39 is 5.54 Å². The molecule has 0 saturated carbocycles. The number of halogens is 1. The van der Waals surface area contributed by atoms with E-state index in [9.17, 15) is 9.18 Å². The highest BCUT2D eigenvalue weighted by atomic mass is 19.1.